The van der Waals surface area contributed by atoms with Crippen LogP contribution in [0.15, 0.2) is 59.8 Å². The van der Waals surface area contributed by atoms with Gasteiger partial charge in [0.1, 0.15) is 0 Å². The summed E-state index contributed by atoms with van der Waals surface area (Å²) < 4.78 is 1.14. The molecule has 2 heterocycles. The summed E-state index contributed by atoms with van der Waals surface area (Å²) in [4.78, 5) is 17.1. The molecule has 2 aromatic heterocycles. The second kappa shape index (κ2) is 6.74. The highest BCUT2D eigenvalue weighted by molar-refractivity contribution is 7.99. The Bertz CT molecular complexity index is 707. The van der Waals surface area contributed by atoms with E-state index in [4.69, 9.17) is 0 Å². The quantitative estimate of drug-likeness (QED) is 0.575. The van der Waals surface area contributed by atoms with E-state index < -0.39 is 0 Å². The Morgan fingerprint density at radius 2 is 2.05 bits per heavy atom. The molecule has 0 saturated carbocycles. The van der Waals surface area contributed by atoms with Gasteiger partial charge in [0.25, 0.3) is 5.91 Å². The molecular weight excluding hydrogens is 300 g/mol. The predicted molar refractivity (Wildman–Crippen MR) is 89.1 cm³/mol. The summed E-state index contributed by atoms with van der Waals surface area (Å²) in [5, 5.41) is 5.05. The Labute approximate surface area is 131 Å². The third-order valence-corrected chi connectivity index (χ3v) is 4.98. The summed E-state index contributed by atoms with van der Waals surface area (Å²) in [7, 11) is 0. The second-order valence-corrected chi connectivity index (χ2v) is 6.62. The van der Waals surface area contributed by atoms with Crippen LogP contribution in [0.2, 0.25) is 0 Å². The van der Waals surface area contributed by atoms with Crippen molar-refractivity contribution in [1.29, 1.82) is 0 Å². The second-order valence-electron chi connectivity index (χ2n) is 4.42. The van der Waals surface area contributed by atoms with Crippen molar-refractivity contribution in [2.75, 3.05) is 12.3 Å². The third-order valence-electron chi connectivity index (χ3n) is 2.92. The lowest BCUT2D eigenvalue weighted by atomic mass is 10.2. The summed E-state index contributed by atoms with van der Waals surface area (Å²) in [5.41, 5.74) is 0. The molecule has 3 aromatic rings. The Balaban J connectivity index is 1.52. The summed E-state index contributed by atoms with van der Waals surface area (Å²) in [6, 6.07) is 15.8. The van der Waals surface area contributed by atoms with Crippen LogP contribution < -0.4 is 5.32 Å². The molecule has 0 saturated heterocycles. The number of hydrogen-bond acceptors (Lipinski definition) is 4. The number of amides is 1. The van der Waals surface area contributed by atoms with Crippen LogP contribution in [-0.2, 0) is 0 Å². The maximum absolute atomic E-state index is 12.1. The average molecular weight is 314 g/mol. The minimum Gasteiger partial charge on any atom is -0.350 e. The number of hydrogen-bond donors (Lipinski definition) is 1. The van der Waals surface area contributed by atoms with Gasteiger partial charge in [-0.25, -0.2) is 4.98 Å². The van der Waals surface area contributed by atoms with Crippen LogP contribution in [0.25, 0.3) is 10.1 Å². The molecule has 0 spiro atoms. The maximum atomic E-state index is 12.1. The average Bonchev–Trinajstić information content (AvgIpc) is 2.96. The largest absolute Gasteiger partial charge is 0.350 e. The Morgan fingerprint density at radius 3 is 2.86 bits per heavy atom. The van der Waals surface area contributed by atoms with Crippen molar-refractivity contribution in [3.05, 3.63) is 59.6 Å². The molecule has 1 aromatic carbocycles. The molecule has 0 atom stereocenters. The summed E-state index contributed by atoms with van der Waals surface area (Å²) >= 11 is 3.17. The summed E-state index contributed by atoms with van der Waals surface area (Å²) in [5.74, 6) is 0.811. The van der Waals surface area contributed by atoms with Crippen LogP contribution >= 0.6 is 23.1 Å². The van der Waals surface area contributed by atoms with E-state index in [0.29, 0.717) is 6.54 Å². The number of fused-ring (bicyclic) bond motifs is 1. The van der Waals surface area contributed by atoms with Gasteiger partial charge < -0.3 is 5.32 Å². The molecule has 5 heteroatoms. The lowest BCUT2D eigenvalue weighted by Gasteiger charge is -2.03. The van der Waals surface area contributed by atoms with E-state index in [1.807, 2.05) is 48.5 Å². The van der Waals surface area contributed by atoms with Gasteiger partial charge in [0.15, 0.2) is 0 Å². The van der Waals surface area contributed by atoms with E-state index in [-0.39, 0.29) is 5.91 Å². The number of aromatic nitrogens is 1. The molecule has 106 valence electrons. The molecule has 0 unspecified atom stereocenters. The molecule has 0 radical (unpaired) electrons. The number of rotatable bonds is 5. The van der Waals surface area contributed by atoms with Gasteiger partial charge in [0, 0.05) is 23.2 Å². The summed E-state index contributed by atoms with van der Waals surface area (Å²) in [6.07, 6.45) is 1.78. The minimum atomic E-state index is -0.00202. The van der Waals surface area contributed by atoms with E-state index in [2.05, 4.69) is 10.3 Å². The van der Waals surface area contributed by atoms with Gasteiger partial charge >= 0.3 is 0 Å². The van der Waals surface area contributed by atoms with E-state index in [1.165, 1.54) is 11.3 Å². The first-order valence-corrected chi connectivity index (χ1v) is 8.44. The number of pyridine rings is 1. The Kier molecular flexibility index (Phi) is 4.52. The molecule has 0 aliphatic rings. The van der Waals surface area contributed by atoms with E-state index in [0.717, 1.165) is 25.7 Å². The van der Waals surface area contributed by atoms with Crippen molar-refractivity contribution in [3.8, 4) is 0 Å². The number of thiophene rings is 1. The molecule has 0 fully saturated rings. The van der Waals surface area contributed by atoms with Crippen molar-refractivity contribution >= 4 is 39.1 Å². The van der Waals surface area contributed by atoms with Crippen LogP contribution in [0.5, 0.6) is 0 Å². The first kappa shape index (κ1) is 14.1. The zero-order valence-corrected chi connectivity index (χ0v) is 12.9. The number of nitrogens with zero attached hydrogens (tertiary/aromatic N) is 1. The fraction of sp³-hybridized carbons (Fsp3) is 0.125. The lowest BCUT2D eigenvalue weighted by molar-refractivity contribution is 0.0960. The zero-order chi connectivity index (χ0) is 14.5. The smallest absolute Gasteiger partial charge is 0.261 e. The highest BCUT2D eigenvalue weighted by Gasteiger charge is 2.09. The number of carbonyl (C=O) groups is 1. The number of carbonyl (C=O) groups excluding carboxylic acids is 1. The van der Waals surface area contributed by atoms with Crippen molar-refractivity contribution < 1.29 is 4.79 Å². The molecule has 0 aliphatic carbocycles. The Morgan fingerprint density at radius 1 is 1.19 bits per heavy atom. The minimum absolute atomic E-state index is 0.00202. The summed E-state index contributed by atoms with van der Waals surface area (Å²) in [6.45, 7) is 0.633. The van der Waals surface area contributed by atoms with Gasteiger partial charge in [-0.3, -0.25) is 4.79 Å². The maximum Gasteiger partial charge on any atom is 0.261 e. The molecule has 3 rings (SSSR count). The molecule has 3 nitrogen and oxygen atoms in total. The highest BCUT2D eigenvalue weighted by atomic mass is 32.2. The molecular formula is C16H14N2OS2. The van der Waals surface area contributed by atoms with Crippen LogP contribution in [0, 0.1) is 0 Å². The predicted octanol–water partition coefficient (Wildman–Crippen LogP) is 3.82. The number of benzene rings is 1. The molecule has 1 N–H and O–H groups in total. The standard InChI is InChI=1S/C16H14N2OS2/c19-16(14-11-12-5-1-2-6-13(12)21-14)18-9-10-20-15-7-3-4-8-17-15/h1-8,11H,9-10H2,(H,18,19). The van der Waals surface area contributed by atoms with E-state index in [1.54, 1.807) is 18.0 Å². The first-order valence-electron chi connectivity index (χ1n) is 6.63. The fourth-order valence-electron chi connectivity index (χ4n) is 1.93. The third kappa shape index (κ3) is 3.62. The van der Waals surface area contributed by atoms with Crippen LogP contribution in [0.1, 0.15) is 9.67 Å². The SMILES string of the molecule is O=C(NCCSc1ccccn1)c1cc2ccccc2s1. The topological polar surface area (TPSA) is 42.0 Å². The fourth-order valence-corrected chi connectivity index (χ4v) is 3.64. The normalized spacial score (nSPS) is 10.7. The van der Waals surface area contributed by atoms with Crippen molar-refractivity contribution in [2.45, 2.75) is 5.03 Å². The van der Waals surface area contributed by atoms with Crippen molar-refractivity contribution in [3.63, 3.8) is 0 Å². The van der Waals surface area contributed by atoms with E-state index >= 15 is 0 Å². The number of thioether (sulfide) groups is 1. The van der Waals surface area contributed by atoms with Gasteiger partial charge in [-0.2, -0.15) is 0 Å². The molecule has 21 heavy (non-hydrogen) atoms. The zero-order valence-electron chi connectivity index (χ0n) is 11.3. The first-order chi connectivity index (χ1) is 10.3. The lowest BCUT2D eigenvalue weighted by Crippen LogP contribution is -2.24. The van der Waals surface area contributed by atoms with Gasteiger partial charge in [0.2, 0.25) is 0 Å². The van der Waals surface area contributed by atoms with Gasteiger partial charge in [-0.15, -0.1) is 23.1 Å². The molecule has 0 bridgehead atoms. The highest BCUT2D eigenvalue weighted by Crippen LogP contribution is 2.25. The van der Waals surface area contributed by atoms with Crippen LogP contribution in [0.4, 0.5) is 0 Å². The van der Waals surface area contributed by atoms with Crippen molar-refractivity contribution in [2.24, 2.45) is 0 Å². The van der Waals surface area contributed by atoms with Crippen molar-refractivity contribution in [1.82, 2.24) is 10.3 Å². The van der Waals surface area contributed by atoms with Crippen LogP contribution in [-0.4, -0.2) is 23.2 Å². The van der Waals surface area contributed by atoms with E-state index in [9.17, 15) is 4.79 Å². The Hall–Kier alpha value is -1.85. The number of nitrogens with one attached hydrogen (secondary N) is 1. The van der Waals surface area contributed by atoms with Gasteiger partial charge in [0.05, 0.1) is 9.90 Å². The molecule has 0 aliphatic heterocycles. The van der Waals surface area contributed by atoms with Gasteiger partial charge in [-0.05, 0) is 29.7 Å². The van der Waals surface area contributed by atoms with Crippen LogP contribution in [0.3, 0.4) is 0 Å². The molecule has 1 amide bonds. The monoisotopic (exact) mass is 314 g/mol. The van der Waals surface area contributed by atoms with Gasteiger partial charge in [-0.1, -0.05) is 24.3 Å².